The van der Waals surface area contributed by atoms with Crippen molar-refractivity contribution in [2.75, 3.05) is 18.6 Å². The maximum absolute atomic E-state index is 9.19. The van der Waals surface area contributed by atoms with Crippen LogP contribution in [0.3, 0.4) is 0 Å². The van der Waals surface area contributed by atoms with Crippen molar-refractivity contribution in [2.24, 2.45) is 0 Å². The number of nitrogens with one attached hydrogen (secondary N) is 1. The predicted octanol–water partition coefficient (Wildman–Crippen LogP) is 10.1. The quantitative estimate of drug-likeness (QED) is 0.0687. The molecule has 2 N–H and O–H groups in total. The van der Waals surface area contributed by atoms with Gasteiger partial charge in [0.05, 0.1) is 6.26 Å². The first-order chi connectivity index (χ1) is 29.5. The van der Waals surface area contributed by atoms with Gasteiger partial charge in [0.1, 0.15) is 29.6 Å². The first kappa shape index (κ1) is 46.3. The Morgan fingerprint density at radius 3 is 1.58 bits per heavy atom. The van der Waals surface area contributed by atoms with Gasteiger partial charge in [0.2, 0.25) is 0 Å². The largest absolute Gasteiger partial charge is 2.00 e. The Morgan fingerprint density at radius 2 is 1.06 bits per heavy atom. The first-order valence-electron chi connectivity index (χ1n) is 20.0. The van der Waals surface area contributed by atoms with Crippen LogP contribution in [0, 0.1) is 6.07 Å². The van der Waals surface area contributed by atoms with Gasteiger partial charge in [0.15, 0.2) is 5.75 Å². The maximum atomic E-state index is 9.19. The van der Waals surface area contributed by atoms with Crippen molar-refractivity contribution in [2.45, 2.75) is 19.3 Å². The molecule has 0 radical (unpaired) electrons. The third kappa shape index (κ3) is 11.0. The number of hydrogen-bond acceptors (Lipinski definition) is 4. The number of benzene rings is 8. The van der Waals surface area contributed by atoms with Crippen molar-refractivity contribution in [3.8, 4) is 22.6 Å². The second kappa shape index (κ2) is 21.2. The molecule has 0 atom stereocenters. The Balaban J connectivity index is 0.000000266. The minimum atomic E-state index is -3.67. The molecular formula is C53H49NO4P2PdS+2. The van der Waals surface area contributed by atoms with Crippen LogP contribution < -0.4 is 41.9 Å². The minimum Gasteiger partial charge on any atom is -0.452 e. The number of anilines is 1. The second-order valence-corrected chi connectivity index (χ2v) is 21.1. The van der Waals surface area contributed by atoms with Gasteiger partial charge < -0.3 is 10.1 Å². The van der Waals surface area contributed by atoms with Gasteiger partial charge in [-0.25, -0.2) is 0 Å². The van der Waals surface area contributed by atoms with Crippen LogP contribution in [0.2, 0.25) is 0 Å². The molecule has 314 valence electrons. The van der Waals surface area contributed by atoms with Crippen molar-refractivity contribution in [3.63, 3.8) is 0 Å². The summed E-state index contributed by atoms with van der Waals surface area (Å²) in [6, 6.07) is 76.8. The van der Waals surface area contributed by atoms with E-state index in [1.54, 1.807) is 0 Å². The molecule has 9 heteroatoms. The van der Waals surface area contributed by atoms with Crippen molar-refractivity contribution in [1.82, 2.24) is 0 Å². The normalized spacial score (nSPS) is 12.2. The molecule has 0 spiro atoms. The molecule has 0 amide bonds. The van der Waals surface area contributed by atoms with Gasteiger partial charge in [-0.15, -0.1) is 35.9 Å². The van der Waals surface area contributed by atoms with Crippen LogP contribution in [0.15, 0.2) is 206 Å². The summed E-state index contributed by atoms with van der Waals surface area (Å²) in [6.07, 6.45) is 0.715. The van der Waals surface area contributed by atoms with E-state index < -0.39 is 26.0 Å². The first-order valence-corrected chi connectivity index (χ1v) is 24.7. The SMILES string of the molecule is CC1(C)c2cccc(P(c3ccccc3)c3ccccc3)c2Oc2c([PH+](c3ccccc3)c3ccccc3)cccc21.CNc1ccccc1-c1[c-]cccc1.CS(=O)(=O)O.[Pd+2]. The van der Waals surface area contributed by atoms with E-state index in [9.17, 15) is 8.42 Å². The summed E-state index contributed by atoms with van der Waals surface area (Å²) < 4.78 is 33.1. The van der Waals surface area contributed by atoms with Crippen molar-refractivity contribution < 1.29 is 38.1 Å². The summed E-state index contributed by atoms with van der Waals surface area (Å²) in [7, 11) is -3.88. The van der Waals surface area contributed by atoms with Crippen molar-refractivity contribution >= 4 is 63.5 Å². The summed E-state index contributed by atoms with van der Waals surface area (Å²) >= 11 is 0. The van der Waals surface area contributed by atoms with E-state index in [2.05, 4.69) is 201 Å². The Kier molecular flexibility index (Phi) is 15.9. The summed E-state index contributed by atoms with van der Waals surface area (Å²) in [5, 5.41) is 11.1. The molecule has 0 saturated heterocycles. The fourth-order valence-electron chi connectivity index (χ4n) is 7.65. The van der Waals surface area contributed by atoms with E-state index in [4.69, 9.17) is 9.29 Å². The molecule has 5 nitrogen and oxygen atoms in total. The number of rotatable bonds is 8. The fraction of sp³-hybridized carbons (Fsp3) is 0.0943. The number of ether oxygens (including phenoxy) is 1. The number of hydrogen-bond donors (Lipinski definition) is 2. The van der Waals surface area contributed by atoms with Gasteiger partial charge in [-0.3, -0.25) is 4.55 Å². The van der Waals surface area contributed by atoms with Crippen LogP contribution >= 0.6 is 15.8 Å². The molecule has 0 fully saturated rings. The number of fused-ring (bicyclic) bond motifs is 2. The van der Waals surface area contributed by atoms with Gasteiger partial charge in [-0.1, -0.05) is 165 Å². The van der Waals surface area contributed by atoms with E-state index in [1.165, 1.54) is 48.5 Å². The second-order valence-electron chi connectivity index (χ2n) is 15.0. The summed E-state index contributed by atoms with van der Waals surface area (Å²) in [5.74, 6) is 2.05. The molecule has 0 aromatic heterocycles. The van der Waals surface area contributed by atoms with Gasteiger partial charge >= 0.3 is 20.4 Å². The molecule has 8 aromatic carbocycles. The van der Waals surface area contributed by atoms with Crippen LogP contribution in [0.1, 0.15) is 25.0 Å². The molecular weight excluding hydrogens is 915 g/mol. The van der Waals surface area contributed by atoms with Gasteiger partial charge in [-0.2, -0.15) is 8.42 Å². The van der Waals surface area contributed by atoms with E-state index in [-0.39, 0.29) is 25.8 Å². The predicted molar refractivity (Wildman–Crippen MR) is 262 cm³/mol. The fourth-order valence-corrected chi connectivity index (χ4v) is 12.7. The molecule has 1 aliphatic rings. The average molecular weight is 964 g/mol. The van der Waals surface area contributed by atoms with E-state index in [1.807, 2.05) is 37.4 Å². The van der Waals surface area contributed by atoms with Crippen LogP contribution in [0.5, 0.6) is 11.5 Å². The monoisotopic (exact) mass is 963 g/mol. The zero-order chi connectivity index (χ0) is 42.8. The Labute approximate surface area is 383 Å². The van der Waals surface area contributed by atoms with E-state index in [0.29, 0.717) is 6.26 Å². The summed E-state index contributed by atoms with van der Waals surface area (Å²) in [5.41, 5.74) is 5.73. The molecule has 8 aromatic rings. The maximum Gasteiger partial charge on any atom is 2.00 e. The number of para-hydroxylation sites is 3. The van der Waals surface area contributed by atoms with Crippen molar-refractivity contribution in [1.29, 1.82) is 0 Å². The smallest absolute Gasteiger partial charge is 0.452 e. The molecule has 0 aliphatic carbocycles. The summed E-state index contributed by atoms with van der Waals surface area (Å²) in [4.78, 5) is 0. The van der Waals surface area contributed by atoms with Crippen LogP contribution in [0.4, 0.5) is 5.69 Å². The Bertz CT molecular complexity index is 2560. The van der Waals surface area contributed by atoms with Gasteiger partial charge in [0.25, 0.3) is 10.1 Å². The molecule has 1 aliphatic heterocycles. The average Bonchev–Trinajstić information content (AvgIpc) is 3.28. The Hall–Kier alpha value is -5.21. The van der Waals surface area contributed by atoms with Crippen LogP contribution in [0.25, 0.3) is 11.1 Å². The topological polar surface area (TPSA) is 75.6 Å². The molecule has 0 bridgehead atoms. The van der Waals surface area contributed by atoms with Gasteiger partial charge in [0, 0.05) is 28.9 Å². The molecule has 0 unspecified atom stereocenters. The molecule has 9 rings (SSSR count). The molecule has 1 heterocycles. The van der Waals surface area contributed by atoms with Gasteiger partial charge in [-0.05, 0) is 60.6 Å². The molecule has 62 heavy (non-hydrogen) atoms. The van der Waals surface area contributed by atoms with Crippen molar-refractivity contribution in [3.05, 3.63) is 223 Å². The molecule has 0 saturated carbocycles. The minimum absolute atomic E-state index is 0. The van der Waals surface area contributed by atoms with Crippen LogP contribution in [-0.2, 0) is 36.0 Å². The standard InChI is InChI=1S/C39H32OP2.C13H12N.CH4O3S.Pd/c1-39(2)33-25-15-27-35(41(29-17-7-3-8-18-29)30-19-9-4-10-20-30)37(33)40-38-34(39)26-16-28-36(38)42(31-21-11-5-12-22-31)32-23-13-6-14-24-32;1-14-13-10-6-5-9-12(13)11-7-3-2-4-8-11;1-5(2,3)4;/h3-28H,1-2H3;2-7,9-10,14H,1H3;1H3,(H,2,3,4);/q;-1;;+2/p+1. The zero-order valence-electron chi connectivity index (χ0n) is 35.0. The zero-order valence-corrected chi connectivity index (χ0v) is 39.2. The third-order valence-electron chi connectivity index (χ3n) is 10.4. The van der Waals surface area contributed by atoms with Crippen LogP contribution in [-0.4, -0.2) is 26.3 Å². The van der Waals surface area contributed by atoms with E-state index >= 15 is 0 Å². The summed E-state index contributed by atoms with van der Waals surface area (Å²) in [6.45, 7) is 4.71. The Morgan fingerprint density at radius 1 is 0.597 bits per heavy atom. The van der Waals surface area contributed by atoms with E-state index in [0.717, 1.165) is 22.7 Å². The third-order valence-corrected chi connectivity index (χ3v) is 15.6.